The molecule has 4 rings (SSSR count). The van der Waals surface area contributed by atoms with Crippen molar-refractivity contribution in [3.05, 3.63) is 57.5 Å². The zero-order valence-corrected chi connectivity index (χ0v) is 14.7. The van der Waals surface area contributed by atoms with Crippen molar-refractivity contribution in [2.24, 2.45) is 0 Å². The minimum atomic E-state index is -0.631. The van der Waals surface area contributed by atoms with Gasteiger partial charge in [0.25, 0.3) is 0 Å². The van der Waals surface area contributed by atoms with Crippen molar-refractivity contribution in [2.75, 3.05) is 5.32 Å². The standard InChI is InChI=1S/C17H12Cl2N2O2S/c18-10-6-11(19)8-12(7-10)20-16(22)17(3-4-17)15-9-13(23-21-15)14-2-1-5-24-14/h1-2,5-9H,3-4H2,(H,20,22). The van der Waals surface area contributed by atoms with Gasteiger partial charge >= 0.3 is 0 Å². The van der Waals surface area contributed by atoms with Gasteiger partial charge in [-0.2, -0.15) is 0 Å². The lowest BCUT2D eigenvalue weighted by atomic mass is 10.0. The van der Waals surface area contributed by atoms with Crippen LogP contribution in [0.25, 0.3) is 10.6 Å². The Labute approximate surface area is 152 Å². The van der Waals surface area contributed by atoms with Crippen LogP contribution in [0.3, 0.4) is 0 Å². The summed E-state index contributed by atoms with van der Waals surface area (Å²) < 4.78 is 5.41. The topological polar surface area (TPSA) is 55.1 Å². The lowest BCUT2D eigenvalue weighted by Gasteiger charge is -2.13. The quantitative estimate of drug-likeness (QED) is 0.662. The first-order chi connectivity index (χ1) is 11.6. The summed E-state index contributed by atoms with van der Waals surface area (Å²) in [6.45, 7) is 0. The zero-order valence-electron chi connectivity index (χ0n) is 12.4. The summed E-state index contributed by atoms with van der Waals surface area (Å²) in [5, 5.41) is 9.93. The second kappa shape index (κ2) is 5.92. The van der Waals surface area contributed by atoms with E-state index in [9.17, 15) is 4.79 Å². The molecule has 122 valence electrons. The molecular weight excluding hydrogens is 367 g/mol. The zero-order chi connectivity index (χ0) is 16.7. The van der Waals surface area contributed by atoms with Crippen LogP contribution in [0.15, 0.2) is 46.3 Å². The molecule has 3 aromatic rings. The number of nitrogens with one attached hydrogen (secondary N) is 1. The minimum Gasteiger partial charge on any atom is -0.355 e. The Bertz CT molecular complexity index is 881. The molecule has 24 heavy (non-hydrogen) atoms. The van der Waals surface area contributed by atoms with E-state index < -0.39 is 5.41 Å². The average molecular weight is 379 g/mol. The number of aromatic nitrogens is 1. The molecule has 0 unspecified atom stereocenters. The van der Waals surface area contributed by atoms with Crippen LogP contribution in [0.4, 0.5) is 5.69 Å². The van der Waals surface area contributed by atoms with Crippen LogP contribution in [-0.4, -0.2) is 11.1 Å². The lowest BCUT2D eigenvalue weighted by molar-refractivity contribution is -0.118. The van der Waals surface area contributed by atoms with Gasteiger partial charge in [0.05, 0.1) is 16.0 Å². The van der Waals surface area contributed by atoms with Crippen LogP contribution < -0.4 is 5.32 Å². The monoisotopic (exact) mass is 378 g/mol. The van der Waals surface area contributed by atoms with Crippen molar-refractivity contribution in [3.63, 3.8) is 0 Å². The van der Waals surface area contributed by atoms with Gasteiger partial charge in [0.15, 0.2) is 5.76 Å². The third-order valence-electron chi connectivity index (χ3n) is 4.07. The summed E-state index contributed by atoms with van der Waals surface area (Å²) in [6.07, 6.45) is 1.48. The predicted molar refractivity (Wildman–Crippen MR) is 95.8 cm³/mol. The number of rotatable bonds is 4. The molecule has 2 heterocycles. The maximum absolute atomic E-state index is 12.7. The first-order valence-corrected chi connectivity index (χ1v) is 8.99. The number of hydrogen-bond donors (Lipinski definition) is 1. The number of carbonyl (C=O) groups is 1. The fourth-order valence-corrected chi connectivity index (χ4v) is 3.84. The highest BCUT2D eigenvalue weighted by atomic mass is 35.5. The van der Waals surface area contributed by atoms with Gasteiger partial charge in [-0.15, -0.1) is 11.3 Å². The maximum atomic E-state index is 12.7. The van der Waals surface area contributed by atoms with E-state index in [0.29, 0.717) is 27.2 Å². The van der Waals surface area contributed by atoms with Gasteiger partial charge in [0.1, 0.15) is 0 Å². The van der Waals surface area contributed by atoms with Crippen LogP contribution in [0, 0.1) is 0 Å². The van der Waals surface area contributed by atoms with Crippen molar-refractivity contribution in [2.45, 2.75) is 18.3 Å². The highest BCUT2D eigenvalue weighted by Gasteiger charge is 2.53. The molecule has 1 fully saturated rings. The van der Waals surface area contributed by atoms with Crippen LogP contribution in [0.2, 0.25) is 10.0 Å². The average Bonchev–Trinajstić information content (AvgIpc) is 2.97. The molecule has 0 radical (unpaired) electrons. The summed E-state index contributed by atoms with van der Waals surface area (Å²) in [6, 6.07) is 10.7. The van der Waals surface area contributed by atoms with E-state index in [-0.39, 0.29) is 5.91 Å². The number of anilines is 1. The molecule has 1 aliphatic rings. The van der Waals surface area contributed by atoms with Crippen molar-refractivity contribution < 1.29 is 9.32 Å². The molecule has 1 N–H and O–H groups in total. The van der Waals surface area contributed by atoms with E-state index in [2.05, 4.69) is 10.5 Å². The summed E-state index contributed by atoms with van der Waals surface area (Å²) in [5.41, 5.74) is 0.607. The fourth-order valence-electron chi connectivity index (χ4n) is 2.64. The van der Waals surface area contributed by atoms with E-state index in [1.807, 2.05) is 23.6 Å². The van der Waals surface area contributed by atoms with E-state index in [1.165, 1.54) is 0 Å². The first kappa shape index (κ1) is 15.7. The Balaban J connectivity index is 1.58. The second-order valence-corrected chi connectivity index (χ2v) is 7.57. The third-order valence-corrected chi connectivity index (χ3v) is 5.39. The van der Waals surface area contributed by atoms with Gasteiger partial charge in [-0.05, 0) is 42.5 Å². The minimum absolute atomic E-state index is 0.119. The SMILES string of the molecule is O=C(Nc1cc(Cl)cc(Cl)c1)C1(c2cc(-c3cccs3)on2)CC1. The fraction of sp³-hybridized carbons (Fsp3) is 0.176. The van der Waals surface area contributed by atoms with Crippen LogP contribution in [0.1, 0.15) is 18.5 Å². The number of benzene rings is 1. The largest absolute Gasteiger partial charge is 0.355 e. The Morgan fingerprint density at radius 2 is 1.96 bits per heavy atom. The Hall–Kier alpha value is -1.82. The van der Waals surface area contributed by atoms with Crippen molar-refractivity contribution >= 4 is 46.1 Å². The van der Waals surface area contributed by atoms with Crippen molar-refractivity contribution in [1.82, 2.24) is 5.16 Å². The summed E-state index contributed by atoms with van der Waals surface area (Å²) in [7, 11) is 0. The second-order valence-electron chi connectivity index (χ2n) is 5.75. The molecule has 1 saturated carbocycles. The van der Waals surface area contributed by atoms with Gasteiger partial charge < -0.3 is 9.84 Å². The van der Waals surface area contributed by atoms with Crippen LogP contribution >= 0.6 is 34.5 Å². The molecule has 0 bridgehead atoms. The van der Waals surface area contributed by atoms with Gasteiger partial charge in [-0.3, -0.25) is 4.79 Å². The Kier molecular flexibility index (Phi) is 3.87. The number of nitrogens with zero attached hydrogens (tertiary/aromatic N) is 1. The number of thiophene rings is 1. The number of halogens is 2. The molecule has 1 aromatic carbocycles. The normalized spacial score (nSPS) is 15.2. The van der Waals surface area contributed by atoms with Crippen LogP contribution in [0.5, 0.6) is 0 Å². The molecule has 7 heteroatoms. The highest BCUT2D eigenvalue weighted by molar-refractivity contribution is 7.13. The smallest absolute Gasteiger partial charge is 0.236 e. The number of carbonyl (C=O) groups excluding carboxylic acids is 1. The first-order valence-electron chi connectivity index (χ1n) is 7.35. The summed E-state index contributed by atoms with van der Waals surface area (Å²) >= 11 is 13.5. The Morgan fingerprint density at radius 1 is 1.21 bits per heavy atom. The van der Waals surface area contributed by atoms with Gasteiger partial charge in [0.2, 0.25) is 5.91 Å². The van der Waals surface area contributed by atoms with Crippen LogP contribution in [-0.2, 0) is 10.2 Å². The Morgan fingerprint density at radius 3 is 2.58 bits per heavy atom. The third kappa shape index (κ3) is 2.83. The van der Waals surface area contributed by atoms with Crippen molar-refractivity contribution in [1.29, 1.82) is 0 Å². The number of amides is 1. The molecule has 0 spiro atoms. The van der Waals surface area contributed by atoms with E-state index in [0.717, 1.165) is 17.7 Å². The molecule has 1 aliphatic carbocycles. The molecule has 1 amide bonds. The molecule has 4 nitrogen and oxygen atoms in total. The summed E-state index contributed by atoms with van der Waals surface area (Å²) in [5.74, 6) is 0.566. The van der Waals surface area contributed by atoms with E-state index >= 15 is 0 Å². The van der Waals surface area contributed by atoms with E-state index in [4.69, 9.17) is 27.7 Å². The highest BCUT2D eigenvalue weighted by Crippen LogP contribution is 2.49. The molecule has 0 saturated heterocycles. The van der Waals surface area contributed by atoms with Crippen molar-refractivity contribution in [3.8, 4) is 10.6 Å². The lowest BCUT2D eigenvalue weighted by Crippen LogP contribution is -2.28. The van der Waals surface area contributed by atoms with Gasteiger partial charge in [-0.1, -0.05) is 34.4 Å². The molecule has 0 aliphatic heterocycles. The predicted octanol–water partition coefficient (Wildman–Crippen LogP) is 5.38. The van der Waals surface area contributed by atoms with Gasteiger partial charge in [0, 0.05) is 21.8 Å². The summed E-state index contributed by atoms with van der Waals surface area (Å²) in [4.78, 5) is 13.7. The molecule has 0 atom stereocenters. The molecular formula is C17H12Cl2N2O2S. The molecule has 2 aromatic heterocycles. The van der Waals surface area contributed by atoms with Gasteiger partial charge in [-0.25, -0.2) is 0 Å². The van der Waals surface area contributed by atoms with E-state index in [1.54, 1.807) is 29.5 Å². The maximum Gasteiger partial charge on any atom is 0.236 e. The number of hydrogen-bond acceptors (Lipinski definition) is 4.